The zero-order valence-electron chi connectivity index (χ0n) is 19.8. The molecule has 1 saturated heterocycles. The maximum atomic E-state index is 13.5. The van der Waals surface area contributed by atoms with Gasteiger partial charge in [0.15, 0.2) is 5.58 Å². The molecule has 0 spiro atoms. The second-order valence-electron chi connectivity index (χ2n) is 8.87. The van der Waals surface area contributed by atoms with Crippen LogP contribution in [0.15, 0.2) is 71.3 Å². The average Bonchev–Trinajstić information content (AvgIpc) is 3.53. The number of nitrogen functional groups attached to an aromatic ring is 1. The number of nitrogens with one attached hydrogen (secondary N) is 1. The molecule has 4 aromatic rings. The van der Waals surface area contributed by atoms with Crippen LogP contribution in [0.2, 0.25) is 5.02 Å². The number of nitrogens with two attached hydrogens (primary N) is 1. The number of rotatable bonds is 6. The molecule has 0 saturated carbocycles. The number of furan rings is 1. The third kappa shape index (κ3) is 5.65. The summed E-state index contributed by atoms with van der Waals surface area (Å²) in [4.78, 5) is 30.3. The maximum absolute atomic E-state index is 13.5. The summed E-state index contributed by atoms with van der Waals surface area (Å²) in [5.41, 5.74) is 9.11. The van der Waals surface area contributed by atoms with E-state index < -0.39 is 6.17 Å². The molecule has 2 amide bonds. The van der Waals surface area contributed by atoms with Crippen molar-refractivity contribution >= 4 is 46.3 Å². The van der Waals surface area contributed by atoms with Crippen LogP contribution in [-0.2, 0) is 11.3 Å². The number of hydrogen-bond donors (Lipinski definition) is 2. The molecule has 188 valence electrons. The van der Waals surface area contributed by atoms with Gasteiger partial charge >= 0.3 is 0 Å². The number of carbonyl (C=O) groups is 2. The zero-order chi connectivity index (χ0) is 25.9. The molecule has 5 rings (SSSR count). The first-order valence-corrected chi connectivity index (χ1v) is 12.2. The molecule has 1 aliphatic rings. The molecule has 0 radical (unpaired) electrons. The van der Waals surface area contributed by atoms with E-state index in [4.69, 9.17) is 21.8 Å². The number of halogens is 2. The second kappa shape index (κ2) is 10.4. The molecule has 3 N–H and O–H groups in total. The Morgan fingerprint density at radius 3 is 2.68 bits per heavy atom. The van der Waals surface area contributed by atoms with Crippen molar-refractivity contribution in [1.29, 1.82) is 0 Å². The van der Waals surface area contributed by atoms with E-state index in [0.717, 1.165) is 22.1 Å². The minimum Gasteiger partial charge on any atom is -0.458 e. The number of benzene rings is 2. The topological polar surface area (TPSA) is 101 Å². The largest absolute Gasteiger partial charge is 0.458 e. The van der Waals surface area contributed by atoms with Crippen LogP contribution in [0.4, 0.5) is 10.2 Å². The molecule has 1 fully saturated rings. The van der Waals surface area contributed by atoms with Crippen molar-refractivity contribution < 1.29 is 18.4 Å². The van der Waals surface area contributed by atoms with E-state index in [2.05, 4.69) is 10.3 Å². The number of aromatic nitrogens is 1. The highest BCUT2D eigenvalue weighted by atomic mass is 35.5. The fourth-order valence-corrected chi connectivity index (χ4v) is 4.49. The van der Waals surface area contributed by atoms with E-state index in [9.17, 15) is 14.0 Å². The summed E-state index contributed by atoms with van der Waals surface area (Å²) in [5.74, 6) is 0.523. The van der Waals surface area contributed by atoms with E-state index in [1.54, 1.807) is 47.5 Å². The Bertz CT molecular complexity index is 1480. The highest BCUT2D eigenvalue weighted by Gasteiger charge is 2.26. The standard InChI is InChI=1S/C28H24ClFN4O3/c29-24-13-20(18-3-5-19(6-4-18)28(36)34-10-9-22(30)16-34)11-21-12-23(37-27(21)24)15-33-26(35)8-2-17-1-7-25(31)32-14-17/h1-8,11-14,22H,9-10,15-16H2,(H2,31,32)(H,33,35)/b8-2+/t22-/m1/s1. The summed E-state index contributed by atoms with van der Waals surface area (Å²) in [7, 11) is 0. The van der Waals surface area contributed by atoms with E-state index >= 15 is 0 Å². The van der Waals surface area contributed by atoms with Crippen LogP contribution >= 0.6 is 11.6 Å². The lowest BCUT2D eigenvalue weighted by atomic mass is 10.0. The van der Waals surface area contributed by atoms with Gasteiger partial charge in [0.2, 0.25) is 5.91 Å². The lowest BCUT2D eigenvalue weighted by molar-refractivity contribution is -0.116. The predicted octanol–water partition coefficient (Wildman–Crippen LogP) is 5.24. The number of fused-ring (bicyclic) bond motifs is 1. The van der Waals surface area contributed by atoms with Gasteiger partial charge in [-0.3, -0.25) is 9.59 Å². The van der Waals surface area contributed by atoms with Crippen LogP contribution in [0.5, 0.6) is 0 Å². The summed E-state index contributed by atoms with van der Waals surface area (Å²) in [6.45, 7) is 0.774. The van der Waals surface area contributed by atoms with Crippen LogP contribution in [-0.4, -0.2) is 41.0 Å². The molecule has 0 bridgehead atoms. The molecule has 2 aromatic carbocycles. The molecule has 0 unspecified atom stereocenters. The van der Waals surface area contributed by atoms with Crippen molar-refractivity contribution in [1.82, 2.24) is 15.2 Å². The number of amides is 2. The van der Waals surface area contributed by atoms with Crippen LogP contribution < -0.4 is 11.1 Å². The fourth-order valence-electron chi connectivity index (χ4n) is 4.23. The Balaban J connectivity index is 1.26. The lowest BCUT2D eigenvalue weighted by Gasteiger charge is -2.15. The third-order valence-corrected chi connectivity index (χ3v) is 6.46. The molecule has 37 heavy (non-hydrogen) atoms. The van der Waals surface area contributed by atoms with E-state index in [1.807, 2.05) is 24.3 Å². The molecule has 9 heteroatoms. The first-order chi connectivity index (χ1) is 17.9. The second-order valence-corrected chi connectivity index (χ2v) is 9.28. The van der Waals surface area contributed by atoms with Crippen LogP contribution in [0, 0.1) is 0 Å². The van der Waals surface area contributed by atoms with Crippen molar-refractivity contribution in [3.63, 3.8) is 0 Å². The van der Waals surface area contributed by atoms with Crippen molar-refractivity contribution in [2.45, 2.75) is 19.1 Å². The number of hydrogen-bond acceptors (Lipinski definition) is 5. The Kier molecular flexibility index (Phi) is 6.92. The normalized spacial score (nSPS) is 15.5. The Morgan fingerprint density at radius 2 is 1.97 bits per heavy atom. The van der Waals surface area contributed by atoms with Gasteiger partial charge in [-0.1, -0.05) is 23.7 Å². The first kappa shape index (κ1) is 24.5. The van der Waals surface area contributed by atoms with Crippen LogP contribution in [0.25, 0.3) is 28.2 Å². The number of alkyl halides is 1. The lowest BCUT2D eigenvalue weighted by Crippen LogP contribution is -2.28. The number of anilines is 1. The molecule has 1 atom stereocenters. The van der Waals surface area contributed by atoms with Crippen molar-refractivity contribution in [2.75, 3.05) is 18.8 Å². The van der Waals surface area contributed by atoms with Gasteiger partial charge in [-0.05, 0) is 71.7 Å². The van der Waals surface area contributed by atoms with Gasteiger partial charge in [-0.25, -0.2) is 9.37 Å². The Labute approximate surface area is 217 Å². The Morgan fingerprint density at radius 1 is 1.16 bits per heavy atom. The number of nitrogens with zero attached hydrogens (tertiary/aromatic N) is 2. The molecule has 3 heterocycles. The highest BCUT2D eigenvalue weighted by molar-refractivity contribution is 6.35. The number of likely N-dealkylation sites (tertiary alicyclic amines) is 1. The molecule has 7 nitrogen and oxygen atoms in total. The van der Waals surface area contributed by atoms with E-state index in [0.29, 0.717) is 40.7 Å². The molecular weight excluding hydrogens is 495 g/mol. The van der Waals surface area contributed by atoms with Crippen molar-refractivity contribution in [3.05, 3.63) is 88.8 Å². The summed E-state index contributed by atoms with van der Waals surface area (Å²) in [6.07, 6.45) is 4.07. The van der Waals surface area contributed by atoms with Gasteiger partial charge in [-0.2, -0.15) is 0 Å². The first-order valence-electron chi connectivity index (χ1n) is 11.8. The summed E-state index contributed by atoms with van der Waals surface area (Å²) in [5, 5.41) is 4.01. The Hall–Kier alpha value is -4.17. The van der Waals surface area contributed by atoms with E-state index in [1.165, 1.54) is 6.08 Å². The quantitative estimate of drug-likeness (QED) is 0.340. The predicted molar refractivity (Wildman–Crippen MR) is 142 cm³/mol. The van der Waals surface area contributed by atoms with Gasteiger partial charge < -0.3 is 20.4 Å². The number of carbonyl (C=O) groups excluding carboxylic acids is 2. The minimum atomic E-state index is -0.950. The van der Waals surface area contributed by atoms with Crippen LogP contribution in [0.3, 0.4) is 0 Å². The third-order valence-electron chi connectivity index (χ3n) is 6.18. The molecule has 1 aliphatic heterocycles. The van der Waals surface area contributed by atoms with Crippen molar-refractivity contribution in [2.24, 2.45) is 0 Å². The average molecular weight is 519 g/mol. The van der Waals surface area contributed by atoms with Crippen LogP contribution in [0.1, 0.15) is 28.1 Å². The van der Waals surface area contributed by atoms with Gasteiger partial charge in [-0.15, -0.1) is 0 Å². The monoisotopic (exact) mass is 518 g/mol. The van der Waals surface area contributed by atoms with Gasteiger partial charge in [0.25, 0.3) is 5.91 Å². The summed E-state index contributed by atoms with van der Waals surface area (Å²) >= 11 is 6.49. The molecular formula is C28H24ClFN4O3. The van der Waals surface area contributed by atoms with E-state index in [-0.39, 0.29) is 24.9 Å². The summed E-state index contributed by atoms with van der Waals surface area (Å²) < 4.78 is 19.3. The minimum absolute atomic E-state index is 0.145. The SMILES string of the molecule is Nc1ccc(/C=C/C(=O)NCc2cc3cc(-c4ccc(C(=O)N5CC[C@@H](F)C5)cc4)cc(Cl)c3o2)cn1. The zero-order valence-corrected chi connectivity index (χ0v) is 20.5. The van der Waals surface area contributed by atoms with Gasteiger partial charge in [0.1, 0.15) is 17.7 Å². The highest BCUT2D eigenvalue weighted by Crippen LogP contribution is 2.33. The van der Waals surface area contributed by atoms with Gasteiger partial charge in [0, 0.05) is 29.8 Å². The van der Waals surface area contributed by atoms with Gasteiger partial charge in [0.05, 0.1) is 18.1 Å². The maximum Gasteiger partial charge on any atom is 0.253 e. The molecule has 0 aliphatic carbocycles. The fraction of sp³-hybridized carbons (Fsp3) is 0.179. The van der Waals surface area contributed by atoms with Crippen molar-refractivity contribution in [3.8, 4) is 11.1 Å². The smallest absolute Gasteiger partial charge is 0.253 e. The number of pyridine rings is 1. The molecule has 2 aromatic heterocycles. The summed E-state index contributed by atoms with van der Waals surface area (Å²) in [6, 6.07) is 16.2.